The van der Waals surface area contributed by atoms with Gasteiger partial charge in [-0.05, 0) is 49.9 Å². The lowest BCUT2D eigenvalue weighted by molar-refractivity contribution is 0.0556. The number of hydrogen-bond acceptors (Lipinski definition) is 11. The summed E-state index contributed by atoms with van der Waals surface area (Å²) in [5.41, 5.74) is 10.6. The van der Waals surface area contributed by atoms with E-state index in [-0.39, 0.29) is 46.2 Å². The van der Waals surface area contributed by atoms with Gasteiger partial charge in [-0.2, -0.15) is 20.0 Å². The number of pyridine rings is 1. The number of nitrogens with zero attached hydrogens (tertiary/aromatic N) is 8. The Morgan fingerprint density at radius 1 is 1.13 bits per heavy atom. The molecule has 0 spiro atoms. The van der Waals surface area contributed by atoms with E-state index >= 15 is 0 Å². The highest BCUT2D eigenvalue weighted by Gasteiger charge is 2.46. The van der Waals surface area contributed by atoms with Crippen LogP contribution in [0.5, 0.6) is 5.75 Å². The number of aromatic nitrogens is 7. The second-order valence-electron chi connectivity index (χ2n) is 11.5. The SMILES string of the molecule is CCS(=O)(=O)c1c(C2C[C@H]3CC[C@@H](C2)N3C(=O)c2ncn[nH]2)nc2c(-c3ccc(-c4ccc(OC)c(C#N)c4)nc3)cnn2c1N. The van der Waals surface area contributed by atoms with Gasteiger partial charge in [0.15, 0.2) is 15.5 Å². The van der Waals surface area contributed by atoms with Crippen LogP contribution in [-0.2, 0) is 9.84 Å². The first kappa shape index (κ1) is 29.4. The van der Waals surface area contributed by atoms with Crippen molar-refractivity contribution in [1.82, 2.24) is 39.7 Å². The maximum absolute atomic E-state index is 13.5. The van der Waals surface area contributed by atoms with Crippen LogP contribution in [0.15, 0.2) is 53.9 Å². The van der Waals surface area contributed by atoms with E-state index in [2.05, 4.69) is 31.3 Å². The van der Waals surface area contributed by atoms with Crippen molar-refractivity contribution in [3.8, 4) is 34.2 Å². The summed E-state index contributed by atoms with van der Waals surface area (Å²) >= 11 is 0. The van der Waals surface area contributed by atoms with Crippen molar-refractivity contribution in [2.75, 3.05) is 18.6 Å². The van der Waals surface area contributed by atoms with Crippen LogP contribution < -0.4 is 10.5 Å². The highest BCUT2D eigenvalue weighted by molar-refractivity contribution is 7.91. The van der Waals surface area contributed by atoms with Gasteiger partial charge in [-0.3, -0.25) is 14.9 Å². The number of methoxy groups -OCH3 is 1. The average molecular weight is 639 g/mol. The highest BCUT2D eigenvalue weighted by Crippen LogP contribution is 2.46. The number of amides is 1. The van der Waals surface area contributed by atoms with Crippen LogP contribution in [0, 0.1) is 11.3 Å². The molecule has 0 radical (unpaired) electrons. The van der Waals surface area contributed by atoms with Crippen LogP contribution in [0.3, 0.4) is 0 Å². The maximum atomic E-state index is 13.5. The number of H-pyrrole nitrogens is 1. The molecule has 0 saturated carbocycles. The molecule has 2 bridgehead atoms. The van der Waals surface area contributed by atoms with E-state index in [1.165, 1.54) is 18.0 Å². The molecular weight excluding hydrogens is 608 g/mol. The molecule has 6 heterocycles. The number of carbonyl (C=O) groups is 1. The third-order valence-electron chi connectivity index (χ3n) is 9.02. The van der Waals surface area contributed by atoms with E-state index in [9.17, 15) is 18.5 Å². The average Bonchev–Trinajstić information content (AvgIpc) is 3.82. The predicted molar refractivity (Wildman–Crippen MR) is 166 cm³/mol. The monoisotopic (exact) mass is 638 g/mol. The molecule has 0 aliphatic carbocycles. The minimum atomic E-state index is -3.78. The third-order valence-corrected chi connectivity index (χ3v) is 10.8. The van der Waals surface area contributed by atoms with Gasteiger partial charge in [0.1, 0.15) is 28.9 Å². The van der Waals surface area contributed by atoms with Crippen LogP contribution in [0.2, 0.25) is 0 Å². The smallest absolute Gasteiger partial charge is 0.291 e. The van der Waals surface area contributed by atoms with Crippen molar-refractivity contribution >= 4 is 27.2 Å². The van der Waals surface area contributed by atoms with Gasteiger partial charge >= 0.3 is 0 Å². The molecule has 234 valence electrons. The number of sulfone groups is 1. The number of hydrogen-bond donors (Lipinski definition) is 2. The molecule has 1 amide bonds. The molecule has 14 nitrogen and oxygen atoms in total. The van der Waals surface area contributed by atoms with E-state index in [4.69, 9.17) is 15.5 Å². The Morgan fingerprint density at radius 2 is 1.89 bits per heavy atom. The van der Waals surface area contributed by atoms with E-state index in [0.29, 0.717) is 52.3 Å². The fourth-order valence-corrected chi connectivity index (χ4v) is 8.03. The Balaban J connectivity index is 1.27. The molecule has 4 aromatic heterocycles. The number of ether oxygens (including phenoxy) is 1. The van der Waals surface area contributed by atoms with Gasteiger partial charge in [0, 0.05) is 40.9 Å². The minimum Gasteiger partial charge on any atom is -0.495 e. The number of anilines is 1. The number of nitrogens with one attached hydrogen (secondary N) is 1. The zero-order valence-corrected chi connectivity index (χ0v) is 25.9. The summed E-state index contributed by atoms with van der Waals surface area (Å²) in [4.78, 5) is 28.7. The topological polar surface area (TPSA) is 198 Å². The number of nitriles is 1. The van der Waals surface area contributed by atoms with Crippen LogP contribution in [0.1, 0.15) is 60.4 Å². The molecule has 7 rings (SSSR count). The Bertz CT molecular complexity index is 2110. The summed E-state index contributed by atoms with van der Waals surface area (Å²) in [6, 6.07) is 10.9. The fourth-order valence-electron chi connectivity index (χ4n) is 6.80. The molecule has 46 heavy (non-hydrogen) atoms. The quantitative estimate of drug-likeness (QED) is 0.265. The lowest BCUT2D eigenvalue weighted by Crippen LogP contribution is -2.46. The standard InChI is InChI=1S/C31H30N10O4S/c1-3-46(43,44)27-26(19-11-21-6-7-22(12-19)40(21)31(42)29-35-16-36-39-29)38-30-23(15-37-41(30)28(27)33)18-4-8-24(34-14-18)17-5-9-25(45-2)20(10-17)13-32/h4-5,8-10,14-16,19,21-22H,3,6-7,11-12,33H2,1-2H3,(H,35,36,39)/t19?,21-,22+. The zero-order valence-electron chi connectivity index (χ0n) is 25.1. The first-order chi connectivity index (χ1) is 22.2. The lowest BCUT2D eigenvalue weighted by Gasteiger charge is -2.38. The van der Waals surface area contributed by atoms with E-state index in [0.717, 1.165) is 18.4 Å². The summed E-state index contributed by atoms with van der Waals surface area (Å²) in [7, 11) is -2.26. The first-order valence-electron chi connectivity index (χ1n) is 14.9. The van der Waals surface area contributed by atoms with Gasteiger partial charge in [0.25, 0.3) is 5.91 Å². The number of carbonyl (C=O) groups excluding carboxylic acids is 1. The molecule has 5 aromatic rings. The van der Waals surface area contributed by atoms with E-state index < -0.39 is 9.84 Å². The molecule has 1 aromatic carbocycles. The number of nitrogen functional groups attached to an aromatic ring is 1. The summed E-state index contributed by atoms with van der Waals surface area (Å²) in [5, 5.41) is 20.4. The molecule has 15 heteroatoms. The summed E-state index contributed by atoms with van der Waals surface area (Å²) < 4.78 is 33.6. The Morgan fingerprint density at radius 3 is 2.52 bits per heavy atom. The minimum absolute atomic E-state index is 0.00200. The van der Waals surface area contributed by atoms with Crippen molar-refractivity contribution in [3.05, 3.63) is 66.1 Å². The van der Waals surface area contributed by atoms with Gasteiger partial charge < -0.3 is 15.4 Å². The van der Waals surface area contributed by atoms with Crippen LogP contribution in [0.4, 0.5) is 5.82 Å². The number of piperidine rings is 1. The second-order valence-corrected chi connectivity index (χ2v) is 13.7. The number of fused-ring (bicyclic) bond motifs is 3. The fraction of sp³-hybridized carbons (Fsp3) is 0.323. The first-order valence-corrected chi connectivity index (χ1v) is 16.5. The van der Waals surface area contributed by atoms with Crippen LogP contribution >= 0.6 is 0 Å². The van der Waals surface area contributed by atoms with Gasteiger partial charge in [0.05, 0.1) is 36.0 Å². The molecule has 3 atom stereocenters. The second kappa shape index (κ2) is 11.2. The molecular formula is C31H30N10O4S. The Labute approximate surface area is 264 Å². The predicted octanol–water partition coefficient (Wildman–Crippen LogP) is 3.38. The highest BCUT2D eigenvalue weighted by atomic mass is 32.2. The number of nitrogens with two attached hydrogens (primary N) is 1. The van der Waals surface area contributed by atoms with E-state index in [1.54, 1.807) is 31.5 Å². The molecule has 2 aliphatic rings. The molecule has 2 fully saturated rings. The van der Waals surface area contributed by atoms with Crippen molar-refractivity contribution in [3.63, 3.8) is 0 Å². The molecule has 2 saturated heterocycles. The normalized spacial score (nSPS) is 19.3. The maximum Gasteiger partial charge on any atom is 0.291 e. The molecule has 3 N–H and O–H groups in total. The van der Waals surface area contributed by atoms with Crippen molar-refractivity contribution in [2.24, 2.45) is 0 Å². The molecule has 2 aliphatic heterocycles. The number of rotatable bonds is 7. The summed E-state index contributed by atoms with van der Waals surface area (Å²) in [6.07, 6.45) is 7.27. The van der Waals surface area contributed by atoms with Gasteiger partial charge in [0.2, 0.25) is 5.82 Å². The van der Waals surface area contributed by atoms with Crippen molar-refractivity contribution < 1.29 is 17.9 Å². The Kier molecular flexibility index (Phi) is 7.16. The third kappa shape index (κ3) is 4.72. The zero-order chi connectivity index (χ0) is 32.2. The number of aromatic amines is 1. The largest absolute Gasteiger partial charge is 0.495 e. The van der Waals surface area contributed by atoms with Crippen LogP contribution in [-0.4, -0.2) is 78.9 Å². The molecule has 1 unspecified atom stereocenters. The summed E-state index contributed by atoms with van der Waals surface area (Å²) in [5.74, 6) is 0.0822. The van der Waals surface area contributed by atoms with Crippen LogP contribution in [0.25, 0.3) is 28.0 Å². The summed E-state index contributed by atoms with van der Waals surface area (Å²) in [6.45, 7) is 1.58. The van der Waals surface area contributed by atoms with E-state index in [1.807, 2.05) is 23.1 Å². The Hall–Kier alpha value is -5.36. The van der Waals surface area contributed by atoms with Gasteiger partial charge in [-0.1, -0.05) is 13.0 Å². The van der Waals surface area contributed by atoms with Crippen molar-refractivity contribution in [1.29, 1.82) is 5.26 Å². The lowest BCUT2D eigenvalue weighted by atomic mass is 9.87. The van der Waals surface area contributed by atoms with Gasteiger partial charge in [-0.25, -0.2) is 18.4 Å². The number of benzene rings is 1. The van der Waals surface area contributed by atoms with Crippen molar-refractivity contribution in [2.45, 2.75) is 55.5 Å². The van der Waals surface area contributed by atoms with Gasteiger partial charge in [-0.15, -0.1) is 0 Å².